The largest absolute Gasteiger partial charge is 0.490 e. The second kappa shape index (κ2) is 8.54. The molecule has 2 aliphatic rings. The van der Waals surface area contributed by atoms with E-state index in [1.54, 1.807) is 0 Å². The normalized spacial score (nSPS) is 20.4. The van der Waals surface area contributed by atoms with Crippen molar-refractivity contribution in [3.8, 4) is 11.5 Å². The van der Waals surface area contributed by atoms with Crippen LogP contribution in [-0.4, -0.2) is 46.5 Å². The van der Waals surface area contributed by atoms with E-state index in [1.165, 1.54) is 11.1 Å². The van der Waals surface area contributed by atoms with Gasteiger partial charge in [-0.1, -0.05) is 19.9 Å². The molecule has 2 atom stereocenters. The van der Waals surface area contributed by atoms with Gasteiger partial charge in [-0.3, -0.25) is 0 Å². The Kier molecular flexibility index (Phi) is 6.39. The molecule has 0 radical (unpaired) electrons. The van der Waals surface area contributed by atoms with Crippen molar-refractivity contribution in [3.05, 3.63) is 48.8 Å². The van der Waals surface area contributed by atoms with Gasteiger partial charge < -0.3 is 18.9 Å². The van der Waals surface area contributed by atoms with E-state index in [0.717, 1.165) is 43.6 Å². The summed E-state index contributed by atoms with van der Waals surface area (Å²) in [5, 5.41) is 0. The summed E-state index contributed by atoms with van der Waals surface area (Å²) in [5.74, 6) is 1.69. The lowest BCUT2D eigenvalue weighted by molar-refractivity contribution is 0.260. The smallest absolute Gasteiger partial charge is 0.147 e. The third-order valence-corrected chi connectivity index (χ3v) is 7.07. The van der Waals surface area contributed by atoms with Crippen molar-refractivity contribution in [1.82, 2.24) is 0 Å². The Hall–Kier alpha value is -0.535. The van der Waals surface area contributed by atoms with Crippen molar-refractivity contribution in [1.29, 1.82) is 0 Å². The van der Waals surface area contributed by atoms with Crippen LogP contribution in [0.5, 0.6) is 11.5 Å². The summed E-state index contributed by atoms with van der Waals surface area (Å²) in [7, 11) is 2.08. The van der Waals surface area contributed by atoms with Gasteiger partial charge in [0.15, 0.2) is 0 Å². The highest BCUT2D eigenvalue weighted by Gasteiger charge is 2.29. The standard InChI is InChI=1S/C21H22BBr3O4/c1-21(2,11-3-15(22)19(16(23)4-11)28-9-13-7-26-13)12-5-17(24)20(18(25)6-12)29-10-14-8-27-14/h3-6,13-14H,7-10,22H2,1-2H3. The molecule has 154 valence electrons. The van der Waals surface area contributed by atoms with Gasteiger partial charge in [0.1, 0.15) is 44.8 Å². The molecule has 2 fully saturated rings. The summed E-state index contributed by atoms with van der Waals surface area (Å²) in [5.41, 5.74) is 3.27. The summed E-state index contributed by atoms with van der Waals surface area (Å²) >= 11 is 11.1. The van der Waals surface area contributed by atoms with Gasteiger partial charge in [0.25, 0.3) is 0 Å². The van der Waals surface area contributed by atoms with Crippen molar-refractivity contribution in [2.75, 3.05) is 26.4 Å². The van der Waals surface area contributed by atoms with Gasteiger partial charge in [0, 0.05) is 5.41 Å². The van der Waals surface area contributed by atoms with E-state index < -0.39 is 0 Å². The van der Waals surface area contributed by atoms with Crippen LogP contribution in [0.25, 0.3) is 0 Å². The highest BCUT2D eigenvalue weighted by Crippen LogP contribution is 2.42. The van der Waals surface area contributed by atoms with Crippen LogP contribution in [0.2, 0.25) is 0 Å². The fraction of sp³-hybridized carbons (Fsp3) is 0.429. The summed E-state index contributed by atoms with van der Waals surface area (Å²) in [4.78, 5) is 0. The number of hydrogen-bond acceptors (Lipinski definition) is 4. The zero-order valence-corrected chi connectivity index (χ0v) is 21.3. The van der Waals surface area contributed by atoms with E-state index >= 15 is 0 Å². The summed E-state index contributed by atoms with van der Waals surface area (Å²) < 4.78 is 25.2. The van der Waals surface area contributed by atoms with E-state index in [1.807, 2.05) is 0 Å². The van der Waals surface area contributed by atoms with Gasteiger partial charge in [-0.25, -0.2) is 0 Å². The molecule has 0 spiro atoms. The van der Waals surface area contributed by atoms with Crippen LogP contribution in [0.3, 0.4) is 0 Å². The van der Waals surface area contributed by atoms with Gasteiger partial charge >= 0.3 is 0 Å². The molecular formula is C21H22BBr3O4. The molecule has 2 saturated heterocycles. The van der Waals surface area contributed by atoms with Gasteiger partial charge in [-0.15, -0.1) is 0 Å². The van der Waals surface area contributed by atoms with Crippen LogP contribution >= 0.6 is 47.8 Å². The second-order valence-electron chi connectivity index (χ2n) is 8.03. The molecule has 2 aromatic carbocycles. The highest BCUT2D eigenvalue weighted by atomic mass is 79.9. The molecule has 29 heavy (non-hydrogen) atoms. The maximum absolute atomic E-state index is 5.96. The molecule has 2 aliphatic heterocycles. The Morgan fingerprint density at radius 3 is 1.72 bits per heavy atom. The topological polar surface area (TPSA) is 43.5 Å². The SMILES string of the molecule is Bc1cc(C(C)(C)c2cc(Br)c(OCC3CO3)c(Br)c2)cc(Br)c1OCC1CO1. The predicted octanol–water partition coefficient (Wildman–Crippen LogP) is 4.11. The molecular weight excluding hydrogens is 567 g/mol. The summed E-state index contributed by atoms with van der Waals surface area (Å²) in [6, 6.07) is 8.61. The van der Waals surface area contributed by atoms with E-state index in [0.29, 0.717) is 13.2 Å². The minimum atomic E-state index is -0.214. The first-order chi connectivity index (χ1) is 13.8. The van der Waals surface area contributed by atoms with E-state index in [4.69, 9.17) is 18.9 Å². The van der Waals surface area contributed by atoms with E-state index in [2.05, 4.69) is 93.7 Å². The van der Waals surface area contributed by atoms with Crippen LogP contribution in [0.4, 0.5) is 0 Å². The highest BCUT2D eigenvalue weighted by molar-refractivity contribution is 9.11. The lowest BCUT2D eigenvalue weighted by Gasteiger charge is -2.28. The average molecular weight is 589 g/mol. The van der Waals surface area contributed by atoms with E-state index in [-0.39, 0.29) is 17.6 Å². The first-order valence-electron chi connectivity index (χ1n) is 9.54. The molecule has 2 aromatic rings. The number of ether oxygens (including phenoxy) is 4. The number of halogens is 3. The lowest BCUT2D eigenvalue weighted by atomic mass is 9.76. The quantitative estimate of drug-likeness (QED) is 0.344. The molecule has 4 rings (SSSR count). The van der Waals surface area contributed by atoms with Crippen molar-refractivity contribution < 1.29 is 18.9 Å². The zero-order valence-electron chi connectivity index (χ0n) is 16.6. The molecule has 2 heterocycles. The van der Waals surface area contributed by atoms with Gasteiger partial charge in [0.05, 0.1) is 26.6 Å². The number of epoxide rings is 2. The van der Waals surface area contributed by atoms with Crippen molar-refractivity contribution in [2.24, 2.45) is 0 Å². The molecule has 0 aromatic heterocycles. The summed E-state index contributed by atoms with van der Waals surface area (Å²) in [6.07, 6.45) is 0.455. The van der Waals surface area contributed by atoms with Crippen LogP contribution in [0.15, 0.2) is 37.7 Å². The third-order valence-electron chi connectivity index (χ3n) is 5.30. The fourth-order valence-electron chi connectivity index (χ4n) is 3.18. The number of rotatable bonds is 8. The van der Waals surface area contributed by atoms with Gasteiger partial charge in [-0.05, 0) is 82.6 Å². The molecule has 0 bridgehead atoms. The Morgan fingerprint density at radius 2 is 1.28 bits per heavy atom. The van der Waals surface area contributed by atoms with E-state index in [9.17, 15) is 0 Å². The fourth-order valence-corrected chi connectivity index (χ4v) is 5.27. The van der Waals surface area contributed by atoms with Crippen LogP contribution in [-0.2, 0) is 14.9 Å². The molecule has 8 heteroatoms. The lowest BCUT2D eigenvalue weighted by Crippen LogP contribution is -2.23. The first kappa shape index (κ1) is 21.7. The Labute approximate surface area is 197 Å². The molecule has 0 N–H and O–H groups in total. The maximum Gasteiger partial charge on any atom is 0.147 e. The summed E-state index contributed by atoms with van der Waals surface area (Å²) in [6.45, 7) is 7.18. The molecule has 0 amide bonds. The monoisotopic (exact) mass is 586 g/mol. The van der Waals surface area contributed by atoms with Crippen molar-refractivity contribution in [3.63, 3.8) is 0 Å². The molecule has 4 nitrogen and oxygen atoms in total. The van der Waals surface area contributed by atoms with Crippen LogP contribution in [0, 0.1) is 0 Å². The van der Waals surface area contributed by atoms with Gasteiger partial charge in [-0.2, -0.15) is 0 Å². The van der Waals surface area contributed by atoms with Gasteiger partial charge in [0.2, 0.25) is 0 Å². The minimum Gasteiger partial charge on any atom is -0.490 e. The Morgan fingerprint density at radius 1 is 0.862 bits per heavy atom. The number of benzene rings is 2. The predicted molar refractivity (Wildman–Crippen MR) is 127 cm³/mol. The first-order valence-corrected chi connectivity index (χ1v) is 11.9. The van der Waals surface area contributed by atoms with Crippen molar-refractivity contribution >= 4 is 61.1 Å². The number of hydrogen-bond donors (Lipinski definition) is 0. The maximum atomic E-state index is 5.96. The molecule has 2 unspecified atom stereocenters. The van der Waals surface area contributed by atoms with Crippen molar-refractivity contribution in [2.45, 2.75) is 31.5 Å². The molecule has 0 aliphatic carbocycles. The Balaban J connectivity index is 1.59. The minimum absolute atomic E-state index is 0.214. The zero-order chi connectivity index (χ0) is 20.8. The Bertz CT molecular complexity index is 807. The van der Waals surface area contributed by atoms with Crippen LogP contribution in [0.1, 0.15) is 25.0 Å². The average Bonchev–Trinajstić information content (AvgIpc) is 3.54. The second-order valence-corrected chi connectivity index (χ2v) is 10.6. The third kappa shape index (κ3) is 5.04. The molecule has 0 saturated carbocycles. The van der Waals surface area contributed by atoms with Crippen LogP contribution < -0.4 is 14.9 Å².